The predicted molar refractivity (Wildman–Crippen MR) is 76.1 cm³/mol. The lowest BCUT2D eigenvalue weighted by Crippen LogP contribution is -2.49. The maximum absolute atomic E-state index is 5.89. The molecular weight excluding hydrogens is 240 g/mol. The van der Waals surface area contributed by atoms with Crippen LogP contribution in [-0.2, 0) is 4.74 Å². The van der Waals surface area contributed by atoms with E-state index in [1.54, 1.807) is 0 Å². The summed E-state index contributed by atoms with van der Waals surface area (Å²) in [6, 6.07) is 7.04. The molecule has 0 aliphatic carbocycles. The quantitative estimate of drug-likeness (QED) is 0.896. The first-order valence-corrected chi connectivity index (χ1v) is 7.06. The summed E-state index contributed by atoms with van der Waals surface area (Å²) in [5, 5.41) is 3.47. The van der Waals surface area contributed by atoms with Crippen LogP contribution in [0.15, 0.2) is 18.2 Å². The highest BCUT2D eigenvalue weighted by Crippen LogP contribution is 2.26. The highest BCUT2D eigenvalue weighted by Gasteiger charge is 2.21. The van der Waals surface area contributed by atoms with Crippen LogP contribution in [-0.4, -0.2) is 45.0 Å². The molecule has 19 heavy (non-hydrogen) atoms. The van der Waals surface area contributed by atoms with Gasteiger partial charge in [0.15, 0.2) is 0 Å². The van der Waals surface area contributed by atoms with Crippen LogP contribution in [0.1, 0.15) is 12.5 Å². The fourth-order valence-corrected chi connectivity index (χ4v) is 2.59. The minimum atomic E-state index is 0.240. The zero-order chi connectivity index (χ0) is 13.2. The Kier molecular flexibility index (Phi) is 3.62. The zero-order valence-electron chi connectivity index (χ0n) is 11.7. The Labute approximate surface area is 114 Å². The van der Waals surface area contributed by atoms with E-state index < -0.39 is 0 Å². The van der Waals surface area contributed by atoms with E-state index in [2.05, 4.69) is 42.3 Å². The lowest BCUT2D eigenvalue weighted by molar-refractivity contribution is -0.0799. The van der Waals surface area contributed by atoms with Crippen molar-refractivity contribution >= 4 is 5.69 Å². The summed E-state index contributed by atoms with van der Waals surface area (Å²) < 4.78 is 11.0. The molecular formula is C15H22N2O2. The van der Waals surface area contributed by atoms with E-state index in [-0.39, 0.29) is 6.10 Å². The van der Waals surface area contributed by atoms with Gasteiger partial charge in [0.2, 0.25) is 0 Å². The van der Waals surface area contributed by atoms with E-state index in [1.165, 1.54) is 11.3 Å². The highest BCUT2D eigenvalue weighted by atomic mass is 16.6. The van der Waals surface area contributed by atoms with E-state index in [4.69, 9.17) is 9.47 Å². The Hall–Kier alpha value is -1.26. The molecule has 0 unspecified atom stereocenters. The number of hydrogen-bond donors (Lipinski definition) is 1. The standard InChI is InChI=1S/C15H22N2O2/c1-11-7-13(17-6-5-16-12(2)8-17)3-4-15(11)19-14-9-18-10-14/h3-4,7,12,14,16H,5-6,8-10H2,1-2H3/t12-/m1/s1. The average Bonchev–Trinajstić information content (AvgIpc) is 2.35. The number of nitrogens with one attached hydrogen (secondary N) is 1. The molecule has 0 saturated carbocycles. The average molecular weight is 262 g/mol. The van der Waals surface area contributed by atoms with Crippen LogP contribution in [0.25, 0.3) is 0 Å². The van der Waals surface area contributed by atoms with Crippen LogP contribution in [0.2, 0.25) is 0 Å². The fraction of sp³-hybridized carbons (Fsp3) is 0.600. The molecule has 2 aliphatic heterocycles. The molecule has 0 aromatic heterocycles. The second-order valence-corrected chi connectivity index (χ2v) is 5.53. The Balaban J connectivity index is 1.70. The Morgan fingerprint density at radius 3 is 2.84 bits per heavy atom. The smallest absolute Gasteiger partial charge is 0.145 e. The van der Waals surface area contributed by atoms with Crippen molar-refractivity contribution in [3.8, 4) is 5.75 Å². The van der Waals surface area contributed by atoms with Crippen LogP contribution in [0, 0.1) is 6.92 Å². The lowest BCUT2D eigenvalue weighted by atomic mass is 10.1. The van der Waals surface area contributed by atoms with Crippen molar-refractivity contribution in [3.05, 3.63) is 23.8 Å². The molecule has 2 heterocycles. The van der Waals surface area contributed by atoms with Crippen molar-refractivity contribution in [2.24, 2.45) is 0 Å². The Morgan fingerprint density at radius 1 is 1.37 bits per heavy atom. The summed E-state index contributed by atoms with van der Waals surface area (Å²) in [5.74, 6) is 0.986. The Morgan fingerprint density at radius 2 is 2.21 bits per heavy atom. The van der Waals surface area contributed by atoms with Crippen LogP contribution in [0.4, 0.5) is 5.69 Å². The molecule has 1 atom stereocenters. The van der Waals surface area contributed by atoms with Crippen molar-refractivity contribution in [1.82, 2.24) is 5.32 Å². The molecule has 104 valence electrons. The number of anilines is 1. The molecule has 0 amide bonds. The second kappa shape index (κ2) is 5.39. The third-order valence-electron chi connectivity index (χ3n) is 3.79. The summed E-state index contributed by atoms with van der Waals surface area (Å²) in [6.45, 7) is 8.97. The first kappa shape index (κ1) is 12.8. The molecule has 1 N–H and O–H groups in total. The molecule has 0 spiro atoms. The Bertz CT molecular complexity index is 446. The fourth-order valence-electron chi connectivity index (χ4n) is 2.59. The first-order valence-electron chi connectivity index (χ1n) is 7.06. The number of piperazine rings is 1. The van der Waals surface area contributed by atoms with Gasteiger partial charge in [-0.2, -0.15) is 0 Å². The van der Waals surface area contributed by atoms with Crippen LogP contribution < -0.4 is 15.0 Å². The molecule has 4 heteroatoms. The molecule has 2 saturated heterocycles. The number of hydrogen-bond acceptors (Lipinski definition) is 4. The molecule has 0 radical (unpaired) electrons. The van der Waals surface area contributed by atoms with Gasteiger partial charge >= 0.3 is 0 Å². The van der Waals surface area contributed by atoms with Gasteiger partial charge in [-0.25, -0.2) is 0 Å². The van der Waals surface area contributed by atoms with Gasteiger partial charge in [0.25, 0.3) is 0 Å². The first-order chi connectivity index (χ1) is 9.22. The maximum Gasteiger partial charge on any atom is 0.145 e. The van der Waals surface area contributed by atoms with Gasteiger partial charge in [0.05, 0.1) is 13.2 Å². The second-order valence-electron chi connectivity index (χ2n) is 5.53. The van der Waals surface area contributed by atoms with E-state index in [1.807, 2.05) is 0 Å². The number of ether oxygens (including phenoxy) is 2. The van der Waals surface area contributed by atoms with E-state index in [9.17, 15) is 0 Å². The SMILES string of the molecule is Cc1cc(N2CCN[C@H](C)C2)ccc1OC1COC1. The van der Waals surface area contributed by atoms with Crippen molar-refractivity contribution in [1.29, 1.82) is 0 Å². The third-order valence-corrected chi connectivity index (χ3v) is 3.79. The van der Waals surface area contributed by atoms with Crippen molar-refractivity contribution in [2.45, 2.75) is 26.0 Å². The summed E-state index contributed by atoms with van der Waals surface area (Å²) in [6.07, 6.45) is 0.240. The largest absolute Gasteiger partial charge is 0.485 e. The number of nitrogens with zero attached hydrogens (tertiary/aromatic N) is 1. The van der Waals surface area contributed by atoms with E-state index in [0.717, 1.165) is 38.6 Å². The van der Waals surface area contributed by atoms with Crippen LogP contribution in [0.3, 0.4) is 0 Å². The molecule has 4 nitrogen and oxygen atoms in total. The van der Waals surface area contributed by atoms with E-state index >= 15 is 0 Å². The number of aryl methyl sites for hydroxylation is 1. The summed E-state index contributed by atoms with van der Waals surface area (Å²) in [4.78, 5) is 2.43. The number of rotatable bonds is 3. The van der Waals surface area contributed by atoms with Gasteiger partial charge in [0, 0.05) is 31.4 Å². The topological polar surface area (TPSA) is 33.7 Å². The minimum Gasteiger partial charge on any atom is -0.485 e. The van der Waals surface area contributed by atoms with Crippen molar-refractivity contribution < 1.29 is 9.47 Å². The van der Waals surface area contributed by atoms with Crippen molar-refractivity contribution in [3.63, 3.8) is 0 Å². The van der Waals surface area contributed by atoms with Gasteiger partial charge in [0.1, 0.15) is 11.9 Å². The molecule has 3 rings (SSSR count). The summed E-state index contributed by atoms with van der Waals surface area (Å²) >= 11 is 0. The minimum absolute atomic E-state index is 0.240. The lowest BCUT2D eigenvalue weighted by Gasteiger charge is -2.34. The number of benzene rings is 1. The van der Waals surface area contributed by atoms with E-state index in [0.29, 0.717) is 6.04 Å². The maximum atomic E-state index is 5.89. The highest BCUT2D eigenvalue weighted by molar-refractivity contribution is 5.53. The van der Waals surface area contributed by atoms with Crippen LogP contribution >= 0.6 is 0 Å². The van der Waals surface area contributed by atoms with Gasteiger partial charge in [-0.3, -0.25) is 0 Å². The monoisotopic (exact) mass is 262 g/mol. The molecule has 1 aromatic carbocycles. The van der Waals surface area contributed by atoms with Gasteiger partial charge < -0.3 is 19.7 Å². The molecule has 1 aromatic rings. The predicted octanol–water partition coefficient (Wildman–Crippen LogP) is 1.57. The molecule has 2 aliphatic rings. The molecule has 0 bridgehead atoms. The normalized spacial score (nSPS) is 24.1. The van der Waals surface area contributed by atoms with Gasteiger partial charge in [-0.05, 0) is 37.6 Å². The molecule has 2 fully saturated rings. The summed E-state index contributed by atoms with van der Waals surface area (Å²) in [7, 11) is 0. The third kappa shape index (κ3) is 2.85. The summed E-state index contributed by atoms with van der Waals surface area (Å²) in [5.41, 5.74) is 2.50. The van der Waals surface area contributed by atoms with Crippen molar-refractivity contribution in [2.75, 3.05) is 37.7 Å². The zero-order valence-corrected chi connectivity index (χ0v) is 11.7. The van der Waals surface area contributed by atoms with Gasteiger partial charge in [-0.1, -0.05) is 0 Å². The van der Waals surface area contributed by atoms with Crippen LogP contribution in [0.5, 0.6) is 5.75 Å². The van der Waals surface area contributed by atoms with Gasteiger partial charge in [-0.15, -0.1) is 0 Å².